The first-order valence-corrected chi connectivity index (χ1v) is 9.87. The van der Waals surface area contributed by atoms with Crippen LogP contribution in [-0.4, -0.2) is 29.3 Å². The third-order valence-corrected chi connectivity index (χ3v) is 6.05. The second-order valence-corrected chi connectivity index (χ2v) is 7.46. The van der Waals surface area contributed by atoms with Crippen LogP contribution in [-0.2, 0) is 5.60 Å². The average Bonchev–Trinajstić information content (AvgIpc) is 2.70. The zero-order valence-corrected chi connectivity index (χ0v) is 15.5. The third-order valence-electron chi connectivity index (χ3n) is 6.05. The lowest BCUT2D eigenvalue weighted by Gasteiger charge is -2.53. The quantitative estimate of drug-likeness (QED) is 0.898. The van der Waals surface area contributed by atoms with E-state index >= 15 is 0 Å². The van der Waals surface area contributed by atoms with Crippen LogP contribution in [0.2, 0.25) is 0 Å². The Labute approximate surface area is 155 Å². The molecule has 4 rings (SSSR count). The van der Waals surface area contributed by atoms with Gasteiger partial charge in [0.15, 0.2) is 0 Å². The normalized spacial score (nSPS) is 28.5. The fourth-order valence-electron chi connectivity index (χ4n) is 4.85. The molecule has 4 nitrogen and oxygen atoms in total. The first-order valence-electron chi connectivity index (χ1n) is 9.87. The maximum absolute atomic E-state index is 11.7. The molecule has 3 atom stereocenters. The molecule has 1 saturated carbocycles. The SMILES string of the molecule is CCOc1cccc(N2CC[C@@](O)(c3ccccc3)[C@@H]3CCCCC32)n1. The fraction of sp³-hybridized carbons (Fsp3) is 0.500. The van der Waals surface area contributed by atoms with E-state index in [1.807, 2.05) is 37.3 Å². The van der Waals surface area contributed by atoms with Gasteiger partial charge in [-0.15, -0.1) is 0 Å². The molecule has 4 heteroatoms. The van der Waals surface area contributed by atoms with Crippen molar-refractivity contribution in [1.29, 1.82) is 0 Å². The molecule has 1 unspecified atom stereocenters. The highest BCUT2D eigenvalue weighted by Crippen LogP contribution is 2.47. The molecule has 2 fully saturated rings. The fourth-order valence-corrected chi connectivity index (χ4v) is 4.85. The number of piperidine rings is 1. The molecule has 2 heterocycles. The van der Waals surface area contributed by atoms with Gasteiger partial charge in [-0.2, -0.15) is 4.98 Å². The number of fused-ring (bicyclic) bond motifs is 1. The van der Waals surface area contributed by atoms with Gasteiger partial charge in [0.25, 0.3) is 0 Å². The molecule has 2 aliphatic rings. The number of hydrogen-bond acceptors (Lipinski definition) is 4. The average molecular weight is 352 g/mol. The van der Waals surface area contributed by atoms with Crippen LogP contribution in [0.1, 0.15) is 44.6 Å². The summed E-state index contributed by atoms with van der Waals surface area (Å²) in [5, 5.41) is 11.7. The number of aliphatic hydroxyl groups is 1. The van der Waals surface area contributed by atoms with Crippen LogP contribution < -0.4 is 9.64 Å². The van der Waals surface area contributed by atoms with Crippen LogP contribution in [0.3, 0.4) is 0 Å². The van der Waals surface area contributed by atoms with E-state index in [2.05, 4.69) is 23.1 Å². The van der Waals surface area contributed by atoms with E-state index in [-0.39, 0.29) is 5.92 Å². The topological polar surface area (TPSA) is 45.6 Å². The Balaban J connectivity index is 1.66. The zero-order chi connectivity index (χ0) is 18.0. The summed E-state index contributed by atoms with van der Waals surface area (Å²) in [6.45, 7) is 3.41. The molecule has 1 N–H and O–H groups in total. The van der Waals surface area contributed by atoms with Crippen LogP contribution in [0.25, 0.3) is 0 Å². The van der Waals surface area contributed by atoms with Crippen LogP contribution in [0.5, 0.6) is 5.88 Å². The van der Waals surface area contributed by atoms with E-state index in [0.717, 1.165) is 37.2 Å². The van der Waals surface area contributed by atoms with Crippen molar-refractivity contribution in [3.63, 3.8) is 0 Å². The van der Waals surface area contributed by atoms with Crippen molar-refractivity contribution >= 4 is 5.82 Å². The molecule has 26 heavy (non-hydrogen) atoms. The van der Waals surface area contributed by atoms with E-state index in [0.29, 0.717) is 18.5 Å². The molecule has 1 aliphatic carbocycles. The number of aromatic nitrogens is 1. The Hall–Kier alpha value is -2.07. The molecule has 0 bridgehead atoms. The van der Waals surface area contributed by atoms with Crippen molar-refractivity contribution in [3.05, 3.63) is 54.1 Å². The first-order chi connectivity index (χ1) is 12.7. The summed E-state index contributed by atoms with van der Waals surface area (Å²) >= 11 is 0. The second kappa shape index (κ2) is 7.28. The van der Waals surface area contributed by atoms with Crippen molar-refractivity contribution in [3.8, 4) is 5.88 Å². The largest absolute Gasteiger partial charge is 0.478 e. The van der Waals surface area contributed by atoms with Crippen LogP contribution in [0, 0.1) is 5.92 Å². The number of ether oxygens (including phenoxy) is 1. The maximum atomic E-state index is 11.7. The number of pyridine rings is 1. The van der Waals surface area contributed by atoms with E-state index in [1.165, 1.54) is 12.8 Å². The van der Waals surface area contributed by atoms with Crippen LogP contribution >= 0.6 is 0 Å². The molecule has 0 radical (unpaired) electrons. The molecule has 0 spiro atoms. The molecule has 138 valence electrons. The van der Waals surface area contributed by atoms with Gasteiger partial charge in [-0.3, -0.25) is 0 Å². The van der Waals surface area contributed by atoms with Crippen molar-refractivity contribution in [2.45, 2.75) is 50.7 Å². The minimum Gasteiger partial charge on any atom is -0.478 e. The maximum Gasteiger partial charge on any atom is 0.215 e. The van der Waals surface area contributed by atoms with Crippen molar-refractivity contribution in [2.24, 2.45) is 5.92 Å². The summed E-state index contributed by atoms with van der Waals surface area (Å²) in [7, 11) is 0. The Bertz CT molecular complexity index is 736. The Morgan fingerprint density at radius 2 is 1.92 bits per heavy atom. The predicted octanol–water partition coefficient (Wildman–Crippen LogP) is 4.14. The van der Waals surface area contributed by atoms with Gasteiger partial charge < -0.3 is 14.7 Å². The molecular weight excluding hydrogens is 324 g/mol. The highest BCUT2D eigenvalue weighted by molar-refractivity contribution is 5.44. The lowest BCUT2D eigenvalue weighted by atomic mass is 9.66. The van der Waals surface area contributed by atoms with E-state index in [4.69, 9.17) is 9.72 Å². The smallest absolute Gasteiger partial charge is 0.215 e. The van der Waals surface area contributed by atoms with Gasteiger partial charge >= 0.3 is 0 Å². The molecule has 1 saturated heterocycles. The number of nitrogens with zero attached hydrogens (tertiary/aromatic N) is 2. The Morgan fingerprint density at radius 1 is 1.12 bits per heavy atom. The van der Waals surface area contributed by atoms with Crippen molar-refractivity contribution in [1.82, 2.24) is 4.98 Å². The third kappa shape index (κ3) is 3.07. The standard InChI is InChI=1S/C22H28N2O2/c1-2-26-21-14-8-13-20(23-21)24-16-15-22(25,17-9-4-3-5-10-17)18-11-6-7-12-19(18)24/h3-5,8-10,13-14,18-19,25H,2,6-7,11-12,15-16H2,1H3/t18-,19?,22-/m1/s1. The summed E-state index contributed by atoms with van der Waals surface area (Å²) in [5.74, 6) is 1.90. The summed E-state index contributed by atoms with van der Waals surface area (Å²) in [4.78, 5) is 7.13. The number of rotatable bonds is 4. The minimum absolute atomic E-state index is 0.241. The summed E-state index contributed by atoms with van der Waals surface area (Å²) < 4.78 is 5.60. The summed E-state index contributed by atoms with van der Waals surface area (Å²) in [6.07, 6.45) is 5.32. The summed E-state index contributed by atoms with van der Waals surface area (Å²) in [6, 6.07) is 16.6. The van der Waals surface area contributed by atoms with E-state index in [9.17, 15) is 5.11 Å². The number of hydrogen-bond donors (Lipinski definition) is 1. The molecular formula is C22H28N2O2. The molecule has 2 aromatic rings. The lowest BCUT2D eigenvalue weighted by Crippen LogP contribution is -2.57. The number of benzene rings is 1. The molecule has 1 aliphatic heterocycles. The first kappa shape index (κ1) is 17.3. The van der Waals surface area contributed by atoms with Crippen molar-refractivity contribution < 1.29 is 9.84 Å². The predicted molar refractivity (Wildman–Crippen MR) is 103 cm³/mol. The van der Waals surface area contributed by atoms with Crippen LogP contribution in [0.15, 0.2) is 48.5 Å². The zero-order valence-electron chi connectivity index (χ0n) is 15.5. The van der Waals surface area contributed by atoms with Crippen LogP contribution in [0.4, 0.5) is 5.82 Å². The monoisotopic (exact) mass is 352 g/mol. The minimum atomic E-state index is -0.736. The van der Waals surface area contributed by atoms with Gasteiger partial charge in [-0.25, -0.2) is 0 Å². The van der Waals surface area contributed by atoms with Gasteiger partial charge in [0, 0.05) is 24.6 Å². The molecule has 1 aromatic heterocycles. The van der Waals surface area contributed by atoms with Crippen molar-refractivity contribution in [2.75, 3.05) is 18.1 Å². The van der Waals surface area contributed by atoms with Gasteiger partial charge in [0.1, 0.15) is 5.82 Å². The molecule has 1 aromatic carbocycles. The molecule has 0 amide bonds. The van der Waals surface area contributed by atoms with E-state index in [1.54, 1.807) is 0 Å². The summed E-state index contributed by atoms with van der Waals surface area (Å²) in [5.41, 5.74) is 0.327. The Kier molecular flexibility index (Phi) is 4.86. The highest BCUT2D eigenvalue weighted by Gasteiger charge is 2.49. The number of anilines is 1. The second-order valence-electron chi connectivity index (χ2n) is 7.46. The van der Waals surface area contributed by atoms with Gasteiger partial charge in [0.05, 0.1) is 12.2 Å². The highest BCUT2D eigenvalue weighted by atomic mass is 16.5. The van der Waals surface area contributed by atoms with E-state index < -0.39 is 5.60 Å². The van der Waals surface area contributed by atoms with Gasteiger partial charge in [-0.05, 0) is 37.8 Å². The Morgan fingerprint density at radius 3 is 2.73 bits per heavy atom. The van der Waals surface area contributed by atoms with Gasteiger partial charge in [-0.1, -0.05) is 49.2 Å². The lowest BCUT2D eigenvalue weighted by molar-refractivity contribution is -0.0690. The van der Waals surface area contributed by atoms with Gasteiger partial charge in [0.2, 0.25) is 5.88 Å².